The molecule has 2 nitrogen and oxygen atoms in total. The highest BCUT2D eigenvalue weighted by Gasteiger charge is 1.88. The first-order valence-corrected chi connectivity index (χ1v) is 4.99. The number of hydrogen-bond donors (Lipinski definition) is 1. The molecule has 0 saturated heterocycles. The highest BCUT2D eigenvalue weighted by atomic mass is 35.5. The van der Waals surface area contributed by atoms with E-state index in [2.05, 4.69) is 18.3 Å². The van der Waals surface area contributed by atoms with E-state index >= 15 is 0 Å². The van der Waals surface area contributed by atoms with Crippen LogP contribution in [0.5, 0.6) is 0 Å². The average Bonchev–Trinajstić information content (AvgIpc) is 2.10. The van der Waals surface area contributed by atoms with Crippen molar-refractivity contribution in [2.45, 2.75) is 45.4 Å². The van der Waals surface area contributed by atoms with Crippen molar-refractivity contribution in [1.82, 2.24) is 5.32 Å². The van der Waals surface area contributed by atoms with E-state index in [1.165, 1.54) is 32.1 Å². The summed E-state index contributed by atoms with van der Waals surface area (Å²) >= 11 is 0. The van der Waals surface area contributed by atoms with Gasteiger partial charge in [0.2, 0.25) is 0 Å². The molecule has 13 heavy (non-hydrogen) atoms. The van der Waals surface area contributed by atoms with Crippen LogP contribution in [-0.2, 0) is 0 Å². The van der Waals surface area contributed by atoms with Crippen LogP contribution in [0.15, 0.2) is 0 Å². The first-order chi connectivity index (χ1) is 5.91. The highest BCUT2D eigenvalue weighted by Crippen LogP contribution is 2.00. The Morgan fingerprint density at radius 3 is 2.38 bits per heavy atom. The van der Waals surface area contributed by atoms with Crippen LogP contribution in [0.25, 0.3) is 0 Å². The fourth-order valence-corrected chi connectivity index (χ4v) is 1.12. The number of halogens is 1. The third-order valence-electron chi connectivity index (χ3n) is 1.87. The molecule has 1 N–H and O–H groups in total. The Labute approximate surface area is 88.1 Å². The molecule has 0 rings (SSSR count). The van der Waals surface area contributed by atoms with Crippen molar-refractivity contribution in [3.8, 4) is 6.07 Å². The third-order valence-corrected chi connectivity index (χ3v) is 1.87. The molecule has 0 unspecified atom stereocenters. The van der Waals surface area contributed by atoms with Gasteiger partial charge in [-0.2, -0.15) is 5.26 Å². The molecule has 0 saturated carbocycles. The van der Waals surface area contributed by atoms with E-state index in [0.29, 0.717) is 6.42 Å². The molecule has 0 aromatic heterocycles. The topological polar surface area (TPSA) is 35.8 Å². The molecule has 0 aromatic rings. The molecule has 0 fully saturated rings. The molecule has 3 heteroatoms. The lowest BCUT2D eigenvalue weighted by Gasteiger charge is -2.01. The zero-order valence-electron chi connectivity index (χ0n) is 8.51. The molecular weight excluding hydrogens is 184 g/mol. The molecular formula is C10H21ClN2. The maximum atomic E-state index is 8.25. The molecule has 0 aliphatic heterocycles. The monoisotopic (exact) mass is 204 g/mol. The summed E-state index contributed by atoms with van der Waals surface area (Å²) in [6.07, 6.45) is 7.24. The van der Waals surface area contributed by atoms with Crippen LogP contribution in [-0.4, -0.2) is 13.1 Å². The van der Waals surface area contributed by atoms with Crippen molar-refractivity contribution in [1.29, 1.82) is 5.26 Å². The summed E-state index contributed by atoms with van der Waals surface area (Å²) in [7, 11) is 0. The quantitative estimate of drug-likeness (QED) is 0.618. The zero-order chi connectivity index (χ0) is 9.07. The van der Waals surface area contributed by atoms with Crippen molar-refractivity contribution < 1.29 is 0 Å². The lowest BCUT2D eigenvalue weighted by molar-refractivity contribution is 0.587. The van der Waals surface area contributed by atoms with E-state index in [9.17, 15) is 0 Å². The fourth-order valence-electron chi connectivity index (χ4n) is 1.12. The number of unbranched alkanes of at least 4 members (excludes halogenated alkanes) is 4. The lowest BCUT2D eigenvalue weighted by atomic mass is 10.1. The van der Waals surface area contributed by atoms with E-state index in [-0.39, 0.29) is 12.4 Å². The summed E-state index contributed by atoms with van der Waals surface area (Å²) in [6.45, 7) is 4.15. The molecule has 0 aromatic carbocycles. The second kappa shape index (κ2) is 14.3. The first kappa shape index (κ1) is 15.2. The number of rotatable bonds is 8. The first-order valence-electron chi connectivity index (χ1n) is 4.99. The van der Waals surface area contributed by atoms with Crippen LogP contribution in [0.1, 0.15) is 45.4 Å². The predicted octanol–water partition coefficient (Wildman–Crippen LogP) is 2.88. The van der Waals surface area contributed by atoms with Gasteiger partial charge in [-0.3, -0.25) is 0 Å². The Balaban J connectivity index is 0. The maximum Gasteiger partial charge on any atom is 0.0635 e. The molecule has 0 aliphatic rings. The largest absolute Gasteiger partial charge is 0.316 e. The second-order valence-electron chi connectivity index (χ2n) is 3.07. The Bertz CT molecular complexity index is 121. The van der Waals surface area contributed by atoms with Crippen LogP contribution in [0.2, 0.25) is 0 Å². The van der Waals surface area contributed by atoms with Crippen LogP contribution >= 0.6 is 12.4 Å². The minimum absolute atomic E-state index is 0. The van der Waals surface area contributed by atoms with Crippen LogP contribution in [0, 0.1) is 11.3 Å². The van der Waals surface area contributed by atoms with Crippen LogP contribution in [0.4, 0.5) is 0 Å². The molecule has 0 heterocycles. The van der Waals surface area contributed by atoms with Crippen molar-refractivity contribution in [2.24, 2.45) is 0 Å². The zero-order valence-corrected chi connectivity index (χ0v) is 9.33. The van der Waals surface area contributed by atoms with Gasteiger partial charge in [0.25, 0.3) is 0 Å². The smallest absolute Gasteiger partial charge is 0.0635 e. The molecule has 0 spiro atoms. The van der Waals surface area contributed by atoms with Crippen molar-refractivity contribution >= 4 is 12.4 Å². The molecule has 78 valence electrons. The van der Waals surface area contributed by atoms with E-state index < -0.39 is 0 Å². The Morgan fingerprint density at radius 1 is 1.08 bits per heavy atom. The lowest BCUT2D eigenvalue weighted by Crippen LogP contribution is -2.15. The Kier molecular flexibility index (Phi) is 16.7. The SMILES string of the molecule is CCCCCCCNCCC#N.Cl. The fraction of sp³-hybridized carbons (Fsp3) is 0.900. The Morgan fingerprint density at radius 2 is 1.77 bits per heavy atom. The molecule has 0 aliphatic carbocycles. The van der Waals surface area contributed by atoms with Gasteiger partial charge in [-0.05, 0) is 13.0 Å². The summed E-state index contributed by atoms with van der Waals surface area (Å²) in [6, 6.07) is 2.12. The minimum Gasteiger partial charge on any atom is -0.316 e. The summed E-state index contributed by atoms with van der Waals surface area (Å²) in [5, 5.41) is 11.5. The number of hydrogen-bond acceptors (Lipinski definition) is 2. The standard InChI is InChI=1S/C10H20N2.ClH/c1-2-3-4-5-6-9-12-10-7-8-11;/h12H,2-7,9-10H2,1H3;1H. The van der Waals surface area contributed by atoms with Gasteiger partial charge in [-0.25, -0.2) is 0 Å². The van der Waals surface area contributed by atoms with Crippen LogP contribution in [0.3, 0.4) is 0 Å². The van der Waals surface area contributed by atoms with Crippen molar-refractivity contribution in [3.63, 3.8) is 0 Å². The van der Waals surface area contributed by atoms with Gasteiger partial charge < -0.3 is 5.32 Å². The number of nitrogens with zero attached hydrogens (tertiary/aromatic N) is 1. The summed E-state index contributed by atoms with van der Waals surface area (Å²) < 4.78 is 0. The van der Waals surface area contributed by atoms with Gasteiger partial charge >= 0.3 is 0 Å². The molecule has 0 atom stereocenters. The number of nitrogens with one attached hydrogen (secondary N) is 1. The van der Waals surface area contributed by atoms with Crippen molar-refractivity contribution in [2.75, 3.05) is 13.1 Å². The van der Waals surface area contributed by atoms with E-state index in [1.54, 1.807) is 0 Å². The second-order valence-corrected chi connectivity index (χ2v) is 3.07. The predicted molar refractivity (Wildman–Crippen MR) is 59.1 cm³/mol. The van der Waals surface area contributed by atoms with Gasteiger partial charge in [0, 0.05) is 13.0 Å². The summed E-state index contributed by atoms with van der Waals surface area (Å²) in [5.74, 6) is 0. The highest BCUT2D eigenvalue weighted by molar-refractivity contribution is 5.85. The van der Waals surface area contributed by atoms with Gasteiger partial charge in [0.1, 0.15) is 0 Å². The van der Waals surface area contributed by atoms with E-state index in [4.69, 9.17) is 5.26 Å². The summed E-state index contributed by atoms with van der Waals surface area (Å²) in [5.41, 5.74) is 0. The summed E-state index contributed by atoms with van der Waals surface area (Å²) in [4.78, 5) is 0. The number of nitriles is 1. The Hall–Kier alpha value is -0.260. The van der Waals surface area contributed by atoms with Gasteiger partial charge in [-0.15, -0.1) is 12.4 Å². The molecule has 0 bridgehead atoms. The third kappa shape index (κ3) is 14.6. The van der Waals surface area contributed by atoms with E-state index in [1.807, 2.05) is 0 Å². The normalized spacial score (nSPS) is 8.92. The van der Waals surface area contributed by atoms with Crippen molar-refractivity contribution in [3.05, 3.63) is 0 Å². The van der Waals surface area contributed by atoms with Gasteiger partial charge in [0.05, 0.1) is 6.07 Å². The molecule has 0 radical (unpaired) electrons. The maximum absolute atomic E-state index is 8.25. The van der Waals surface area contributed by atoms with E-state index in [0.717, 1.165) is 13.1 Å². The van der Waals surface area contributed by atoms with Gasteiger partial charge in [0.15, 0.2) is 0 Å². The van der Waals surface area contributed by atoms with Crippen LogP contribution < -0.4 is 5.32 Å². The minimum atomic E-state index is 0. The molecule has 0 amide bonds. The average molecular weight is 205 g/mol. The van der Waals surface area contributed by atoms with Gasteiger partial charge in [-0.1, -0.05) is 32.6 Å².